The Morgan fingerprint density at radius 3 is 2.36 bits per heavy atom. The maximum atomic E-state index is 12.1. The third-order valence-corrected chi connectivity index (χ3v) is 3.64. The van der Waals surface area contributed by atoms with Gasteiger partial charge in [0.25, 0.3) is 0 Å². The second-order valence-electron chi connectivity index (χ2n) is 6.28. The number of carboxylic acid groups (broad SMARTS) is 1. The summed E-state index contributed by atoms with van der Waals surface area (Å²) in [6, 6.07) is 13.8. The van der Waals surface area contributed by atoms with E-state index in [2.05, 4.69) is 4.99 Å². The zero-order valence-corrected chi connectivity index (χ0v) is 15.4. The molecule has 0 aliphatic carbocycles. The number of carbonyl (C=O) groups excluding carboxylic acids is 1. The van der Waals surface area contributed by atoms with Crippen LogP contribution in [0.1, 0.15) is 25.0 Å². The van der Waals surface area contributed by atoms with Crippen molar-refractivity contribution in [2.75, 3.05) is 6.61 Å². The molecule has 0 fully saturated rings. The molecule has 0 unspecified atom stereocenters. The number of hydrogen-bond donors (Lipinski definition) is 1. The number of aliphatic imine (C=N–C) groups is 1. The van der Waals surface area contributed by atoms with Gasteiger partial charge in [-0.1, -0.05) is 12.1 Å². The lowest BCUT2D eigenvalue weighted by Crippen LogP contribution is -2.09. The van der Waals surface area contributed by atoms with E-state index < -0.39 is 18.5 Å². The molecule has 7 nitrogen and oxygen atoms in total. The van der Waals surface area contributed by atoms with Crippen LogP contribution in [0.2, 0.25) is 0 Å². The van der Waals surface area contributed by atoms with Crippen LogP contribution in [0.4, 0.5) is 0 Å². The molecule has 2 aromatic rings. The summed E-state index contributed by atoms with van der Waals surface area (Å²) < 4.78 is 15.9. The second kappa shape index (κ2) is 8.39. The van der Waals surface area contributed by atoms with Crippen LogP contribution >= 0.6 is 0 Å². The number of benzene rings is 2. The van der Waals surface area contributed by atoms with Gasteiger partial charge in [0.1, 0.15) is 11.5 Å². The van der Waals surface area contributed by atoms with Gasteiger partial charge in [0.15, 0.2) is 12.3 Å². The molecule has 0 spiro atoms. The molecular formula is C21H19NO6. The molecule has 3 rings (SSSR count). The van der Waals surface area contributed by atoms with E-state index in [-0.39, 0.29) is 17.7 Å². The highest BCUT2D eigenvalue weighted by Gasteiger charge is 2.24. The minimum absolute atomic E-state index is 0.0722. The first-order valence-corrected chi connectivity index (χ1v) is 8.65. The highest BCUT2D eigenvalue weighted by Crippen LogP contribution is 2.22. The third-order valence-electron chi connectivity index (χ3n) is 3.64. The Morgan fingerprint density at radius 2 is 1.75 bits per heavy atom. The van der Waals surface area contributed by atoms with E-state index in [0.29, 0.717) is 16.9 Å². The minimum atomic E-state index is -1.05. The predicted octanol–water partition coefficient (Wildman–Crippen LogP) is 3.28. The Bertz CT molecular complexity index is 926. The SMILES string of the molecule is CC(C)Oc1ccc(C2=N/C(=C/c3ccc(OCC(=O)O)cc3)C(=O)O2)cc1. The Hall–Kier alpha value is -3.61. The third kappa shape index (κ3) is 4.97. The van der Waals surface area contributed by atoms with Crippen LogP contribution in [0.25, 0.3) is 6.08 Å². The van der Waals surface area contributed by atoms with E-state index in [9.17, 15) is 9.59 Å². The first-order valence-electron chi connectivity index (χ1n) is 8.65. The molecule has 28 heavy (non-hydrogen) atoms. The van der Waals surface area contributed by atoms with E-state index in [1.165, 1.54) is 0 Å². The van der Waals surface area contributed by atoms with Crippen molar-refractivity contribution in [1.82, 2.24) is 0 Å². The summed E-state index contributed by atoms with van der Waals surface area (Å²) in [4.78, 5) is 26.9. The quantitative estimate of drug-likeness (QED) is 0.584. The van der Waals surface area contributed by atoms with Gasteiger partial charge in [0, 0.05) is 5.56 Å². The van der Waals surface area contributed by atoms with E-state index in [0.717, 1.165) is 5.75 Å². The average Bonchev–Trinajstić information content (AvgIpc) is 3.02. The molecule has 0 saturated heterocycles. The van der Waals surface area contributed by atoms with Crippen molar-refractivity contribution < 1.29 is 28.9 Å². The Balaban J connectivity index is 1.73. The van der Waals surface area contributed by atoms with Crippen LogP contribution < -0.4 is 9.47 Å². The van der Waals surface area contributed by atoms with Crippen LogP contribution in [0.3, 0.4) is 0 Å². The monoisotopic (exact) mass is 381 g/mol. The lowest BCUT2D eigenvalue weighted by atomic mass is 10.2. The maximum Gasteiger partial charge on any atom is 0.363 e. The van der Waals surface area contributed by atoms with Crippen LogP contribution in [0.15, 0.2) is 59.2 Å². The Morgan fingerprint density at radius 1 is 1.11 bits per heavy atom. The maximum absolute atomic E-state index is 12.1. The van der Waals surface area contributed by atoms with Crippen molar-refractivity contribution in [2.24, 2.45) is 4.99 Å². The standard InChI is InChI=1S/C21H19NO6/c1-13(2)27-17-9-5-15(6-10-17)20-22-18(21(25)28-20)11-14-3-7-16(8-4-14)26-12-19(23)24/h3-11,13H,12H2,1-2H3,(H,23,24)/b18-11+. The molecule has 7 heteroatoms. The van der Waals surface area contributed by atoms with Crippen molar-refractivity contribution in [3.63, 3.8) is 0 Å². The summed E-state index contributed by atoms with van der Waals surface area (Å²) in [6.07, 6.45) is 1.66. The van der Waals surface area contributed by atoms with Gasteiger partial charge in [0.05, 0.1) is 6.10 Å². The highest BCUT2D eigenvalue weighted by molar-refractivity contribution is 6.12. The van der Waals surface area contributed by atoms with Crippen LogP contribution in [0, 0.1) is 0 Å². The van der Waals surface area contributed by atoms with Gasteiger partial charge in [-0.05, 0) is 61.9 Å². The summed E-state index contributed by atoms with van der Waals surface area (Å²) in [7, 11) is 0. The first-order chi connectivity index (χ1) is 13.4. The Labute approximate surface area is 161 Å². The largest absolute Gasteiger partial charge is 0.491 e. The number of carboxylic acids is 1. The fourth-order valence-corrected chi connectivity index (χ4v) is 2.44. The van der Waals surface area contributed by atoms with Crippen LogP contribution in [0.5, 0.6) is 11.5 Å². The number of rotatable bonds is 7. The van der Waals surface area contributed by atoms with E-state index in [4.69, 9.17) is 19.3 Å². The van der Waals surface area contributed by atoms with Gasteiger partial charge in [-0.2, -0.15) is 0 Å². The fraction of sp³-hybridized carbons (Fsp3) is 0.190. The summed E-state index contributed by atoms with van der Waals surface area (Å²) in [5.74, 6) is -0.209. The lowest BCUT2D eigenvalue weighted by Gasteiger charge is -2.09. The number of aliphatic carboxylic acids is 1. The smallest absolute Gasteiger partial charge is 0.363 e. The zero-order valence-electron chi connectivity index (χ0n) is 15.4. The predicted molar refractivity (Wildman–Crippen MR) is 102 cm³/mol. The molecule has 0 bridgehead atoms. The molecule has 1 aliphatic rings. The number of esters is 1. The first kappa shape index (κ1) is 19.2. The minimum Gasteiger partial charge on any atom is -0.491 e. The highest BCUT2D eigenvalue weighted by atomic mass is 16.6. The summed E-state index contributed by atoms with van der Waals surface area (Å²) in [5, 5.41) is 8.61. The molecule has 1 heterocycles. The van der Waals surface area contributed by atoms with Gasteiger partial charge in [-0.15, -0.1) is 0 Å². The van der Waals surface area contributed by atoms with Crippen molar-refractivity contribution >= 4 is 23.9 Å². The molecule has 0 aromatic heterocycles. The number of hydrogen-bond acceptors (Lipinski definition) is 6. The van der Waals surface area contributed by atoms with Gasteiger partial charge in [-0.25, -0.2) is 14.6 Å². The number of carbonyl (C=O) groups is 2. The van der Waals surface area contributed by atoms with Gasteiger partial charge in [0.2, 0.25) is 5.90 Å². The molecule has 2 aromatic carbocycles. The number of cyclic esters (lactones) is 1. The number of nitrogens with zero attached hydrogens (tertiary/aromatic N) is 1. The molecule has 144 valence electrons. The lowest BCUT2D eigenvalue weighted by molar-refractivity contribution is -0.139. The zero-order chi connectivity index (χ0) is 20.1. The van der Waals surface area contributed by atoms with Crippen LogP contribution in [-0.2, 0) is 14.3 Å². The van der Waals surface area contributed by atoms with E-state index >= 15 is 0 Å². The molecule has 0 saturated carbocycles. The van der Waals surface area contributed by atoms with E-state index in [1.807, 2.05) is 13.8 Å². The van der Waals surface area contributed by atoms with Gasteiger partial charge >= 0.3 is 11.9 Å². The number of ether oxygens (including phenoxy) is 3. The molecule has 0 atom stereocenters. The van der Waals surface area contributed by atoms with E-state index in [1.54, 1.807) is 54.6 Å². The second-order valence-corrected chi connectivity index (χ2v) is 6.28. The Kier molecular flexibility index (Phi) is 5.74. The normalized spacial score (nSPS) is 14.8. The fourth-order valence-electron chi connectivity index (χ4n) is 2.44. The molecule has 0 amide bonds. The topological polar surface area (TPSA) is 94.4 Å². The van der Waals surface area contributed by atoms with Crippen molar-refractivity contribution in [2.45, 2.75) is 20.0 Å². The van der Waals surface area contributed by atoms with Gasteiger partial charge in [-0.3, -0.25) is 0 Å². The summed E-state index contributed by atoms with van der Waals surface area (Å²) >= 11 is 0. The van der Waals surface area contributed by atoms with Gasteiger partial charge < -0.3 is 19.3 Å². The molecular weight excluding hydrogens is 362 g/mol. The van der Waals surface area contributed by atoms with Crippen LogP contribution in [-0.4, -0.2) is 35.7 Å². The summed E-state index contributed by atoms with van der Waals surface area (Å²) in [6.45, 7) is 3.47. The molecule has 1 aliphatic heterocycles. The molecule has 1 N–H and O–H groups in total. The van der Waals surface area contributed by atoms with Crippen molar-refractivity contribution in [3.05, 3.63) is 65.4 Å². The summed E-state index contributed by atoms with van der Waals surface area (Å²) in [5.41, 5.74) is 1.56. The molecule has 0 radical (unpaired) electrons. The van der Waals surface area contributed by atoms with Crippen molar-refractivity contribution in [1.29, 1.82) is 0 Å². The van der Waals surface area contributed by atoms with Crippen molar-refractivity contribution in [3.8, 4) is 11.5 Å². The average molecular weight is 381 g/mol.